The van der Waals surface area contributed by atoms with E-state index in [4.69, 9.17) is 11.5 Å². The number of carbonyl (C=O) groups excluding carboxylic acids is 2. The van der Waals surface area contributed by atoms with Crippen molar-refractivity contribution in [2.45, 2.75) is 51.1 Å². The standard InChI is InChI=1S/C36H49N5O8/c1-24-15-27(31(44)29(17-24)35(48,22-42)33(37)46)20-40-10-6-9-39(19-26-7-4-3-5-8-26)11-13-41(14-12-40)21-28-16-25(2)18-30(32(28)45)36(49,23-43)34(38)47/h3-5,7-8,15-18,42-45,48-49H,6,9-14,19-23H2,1-2H3,(H2,37,46)(H2,38,47). The first-order valence-corrected chi connectivity index (χ1v) is 16.3. The van der Waals surface area contributed by atoms with Crippen molar-refractivity contribution in [3.63, 3.8) is 0 Å². The number of aliphatic hydroxyl groups excluding tert-OH is 2. The molecule has 1 aliphatic heterocycles. The second-order valence-corrected chi connectivity index (χ2v) is 13.1. The third-order valence-corrected chi connectivity index (χ3v) is 9.28. The molecule has 1 fully saturated rings. The first-order chi connectivity index (χ1) is 23.2. The summed E-state index contributed by atoms with van der Waals surface area (Å²) in [7, 11) is 0. The van der Waals surface area contributed by atoms with Gasteiger partial charge in [-0.2, -0.15) is 0 Å². The van der Waals surface area contributed by atoms with Crippen molar-refractivity contribution in [2.75, 3.05) is 52.5 Å². The Labute approximate surface area is 286 Å². The number of phenols is 2. The molecule has 0 saturated carbocycles. The zero-order valence-corrected chi connectivity index (χ0v) is 28.2. The molecule has 0 bridgehead atoms. The minimum atomic E-state index is -2.45. The summed E-state index contributed by atoms with van der Waals surface area (Å²) in [5.41, 5.74) is 9.03. The quantitative estimate of drug-likeness (QED) is 0.130. The molecule has 4 rings (SSSR count). The molecule has 3 aromatic rings. The van der Waals surface area contributed by atoms with Gasteiger partial charge in [-0.25, -0.2) is 0 Å². The molecule has 13 nitrogen and oxygen atoms in total. The van der Waals surface area contributed by atoms with Crippen molar-refractivity contribution < 1.29 is 40.2 Å². The molecule has 0 aliphatic carbocycles. The smallest absolute Gasteiger partial charge is 0.256 e. The Kier molecular flexibility index (Phi) is 12.4. The molecular formula is C36H49N5O8. The highest BCUT2D eigenvalue weighted by atomic mass is 16.4. The average molecular weight is 680 g/mol. The third-order valence-electron chi connectivity index (χ3n) is 9.28. The first-order valence-electron chi connectivity index (χ1n) is 16.3. The molecule has 0 spiro atoms. The van der Waals surface area contributed by atoms with Gasteiger partial charge in [0.15, 0.2) is 11.2 Å². The van der Waals surface area contributed by atoms with Crippen LogP contribution in [0.4, 0.5) is 0 Å². The van der Waals surface area contributed by atoms with E-state index in [9.17, 15) is 40.2 Å². The van der Waals surface area contributed by atoms with E-state index >= 15 is 0 Å². The summed E-state index contributed by atoms with van der Waals surface area (Å²) in [5.74, 6) is -2.99. The predicted octanol–water partition coefficient (Wildman–Crippen LogP) is 0.255. The van der Waals surface area contributed by atoms with Crippen LogP contribution in [0, 0.1) is 13.8 Å². The van der Waals surface area contributed by atoms with E-state index in [1.165, 1.54) is 17.7 Å². The zero-order chi connectivity index (χ0) is 35.9. The molecule has 0 aromatic heterocycles. The molecule has 13 heteroatoms. The number of benzene rings is 3. The van der Waals surface area contributed by atoms with Crippen LogP contribution in [0.5, 0.6) is 11.5 Å². The molecule has 0 radical (unpaired) electrons. The highest BCUT2D eigenvalue weighted by Gasteiger charge is 2.40. The van der Waals surface area contributed by atoms with E-state index in [-0.39, 0.29) is 35.7 Å². The Bertz CT molecular complexity index is 1620. The number of phenolic OH excluding ortho intramolecular Hbond substituents is 2. The van der Waals surface area contributed by atoms with E-state index in [0.717, 1.165) is 26.1 Å². The van der Waals surface area contributed by atoms with Gasteiger partial charge >= 0.3 is 0 Å². The van der Waals surface area contributed by atoms with Crippen molar-refractivity contribution in [1.29, 1.82) is 0 Å². The second-order valence-electron chi connectivity index (χ2n) is 13.1. The summed E-state index contributed by atoms with van der Waals surface area (Å²) in [6.45, 7) is 6.65. The van der Waals surface area contributed by atoms with Crippen LogP contribution in [0.15, 0.2) is 54.6 Å². The van der Waals surface area contributed by atoms with E-state index in [1.807, 2.05) is 18.2 Å². The van der Waals surface area contributed by atoms with Crippen LogP contribution in [-0.2, 0) is 40.4 Å². The predicted molar refractivity (Wildman–Crippen MR) is 183 cm³/mol. The van der Waals surface area contributed by atoms with Gasteiger partial charge in [-0.05, 0) is 51.1 Å². The van der Waals surface area contributed by atoms with E-state index in [2.05, 4.69) is 26.8 Å². The van der Waals surface area contributed by atoms with Gasteiger partial charge in [0.05, 0.1) is 13.2 Å². The maximum atomic E-state index is 12.1. The van der Waals surface area contributed by atoms with Crippen molar-refractivity contribution in [2.24, 2.45) is 11.5 Å². The average Bonchev–Trinajstić information content (AvgIpc) is 3.07. The SMILES string of the molecule is Cc1cc(CN2CCCN(Cc3ccccc3)CCN(Cc3cc(C)cc(C(O)(CO)C(N)=O)c3O)CC2)c(O)c(C(O)(CO)C(N)=O)c1. The Hall–Kier alpha value is -4.08. The van der Waals surface area contributed by atoms with E-state index < -0.39 is 36.2 Å². The van der Waals surface area contributed by atoms with Gasteiger partial charge in [0, 0.05) is 68.1 Å². The van der Waals surface area contributed by atoms with Gasteiger partial charge in [0.25, 0.3) is 11.8 Å². The second kappa shape index (κ2) is 16.1. The van der Waals surface area contributed by atoms with Crippen LogP contribution < -0.4 is 11.5 Å². The lowest BCUT2D eigenvalue weighted by Gasteiger charge is -2.34. The van der Waals surface area contributed by atoms with E-state index in [1.54, 1.807) is 26.0 Å². The number of hydrogen-bond donors (Lipinski definition) is 8. The summed E-state index contributed by atoms with van der Waals surface area (Å²) in [4.78, 5) is 30.9. The molecule has 2 amide bonds. The number of hydrogen-bond acceptors (Lipinski definition) is 11. The largest absolute Gasteiger partial charge is 0.507 e. The number of primary amides is 2. The van der Waals surface area contributed by atoms with Crippen molar-refractivity contribution in [1.82, 2.24) is 14.7 Å². The topological polar surface area (TPSA) is 217 Å². The molecule has 3 aromatic carbocycles. The third kappa shape index (κ3) is 8.75. The highest BCUT2D eigenvalue weighted by Crippen LogP contribution is 2.36. The molecule has 1 heterocycles. The minimum absolute atomic E-state index is 0.154. The Morgan fingerprint density at radius 3 is 1.43 bits per heavy atom. The maximum absolute atomic E-state index is 12.1. The van der Waals surface area contributed by atoms with Crippen LogP contribution in [0.25, 0.3) is 0 Å². The van der Waals surface area contributed by atoms with Crippen LogP contribution in [0.1, 0.15) is 45.4 Å². The summed E-state index contributed by atoms with van der Waals surface area (Å²) in [5, 5.41) is 63.9. The number of nitrogens with two attached hydrogens (primary N) is 2. The van der Waals surface area contributed by atoms with Crippen LogP contribution >= 0.6 is 0 Å². The van der Waals surface area contributed by atoms with Crippen LogP contribution in [0.3, 0.4) is 0 Å². The van der Waals surface area contributed by atoms with Gasteiger partial charge in [-0.15, -0.1) is 0 Å². The number of aliphatic hydroxyl groups is 4. The summed E-state index contributed by atoms with van der Waals surface area (Å²) < 4.78 is 0. The van der Waals surface area contributed by atoms with Crippen molar-refractivity contribution >= 4 is 11.8 Å². The van der Waals surface area contributed by atoms with Crippen LogP contribution in [0.2, 0.25) is 0 Å². The fourth-order valence-electron chi connectivity index (χ4n) is 6.39. The number of aromatic hydroxyl groups is 2. The normalized spacial score (nSPS) is 18.0. The zero-order valence-electron chi connectivity index (χ0n) is 28.2. The number of carbonyl (C=O) groups is 2. The number of nitrogens with zero attached hydrogens (tertiary/aromatic N) is 3. The van der Waals surface area contributed by atoms with Gasteiger partial charge in [0.2, 0.25) is 0 Å². The summed E-state index contributed by atoms with van der Waals surface area (Å²) in [6.07, 6.45) is 0.822. The van der Waals surface area contributed by atoms with E-state index in [0.29, 0.717) is 48.4 Å². The van der Waals surface area contributed by atoms with Crippen molar-refractivity contribution in [3.05, 3.63) is 93.5 Å². The lowest BCUT2D eigenvalue weighted by molar-refractivity contribution is -0.142. The lowest BCUT2D eigenvalue weighted by atomic mass is 9.89. The maximum Gasteiger partial charge on any atom is 0.256 e. The number of aryl methyl sites for hydroxylation is 2. The molecule has 10 N–H and O–H groups in total. The van der Waals surface area contributed by atoms with Gasteiger partial charge in [0.1, 0.15) is 11.5 Å². The lowest BCUT2D eigenvalue weighted by Crippen LogP contribution is -2.45. The highest BCUT2D eigenvalue weighted by molar-refractivity contribution is 5.86. The molecule has 2 unspecified atom stereocenters. The monoisotopic (exact) mass is 679 g/mol. The van der Waals surface area contributed by atoms with Crippen molar-refractivity contribution in [3.8, 4) is 11.5 Å². The van der Waals surface area contributed by atoms with Crippen LogP contribution in [-0.4, -0.2) is 110 Å². The molecule has 49 heavy (non-hydrogen) atoms. The summed E-state index contributed by atoms with van der Waals surface area (Å²) >= 11 is 0. The Balaban J connectivity index is 1.66. The first kappa shape index (κ1) is 37.7. The number of rotatable bonds is 12. The Morgan fingerprint density at radius 2 is 1.04 bits per heavy atom. The fraction of sp³-hybridized carbons (Fsp3) is 0.444. The molecule has 1 saturated heterocycles. The molecule has 266 valence electrons. The van der Waals surface area contributed by atoms with Gasteiger partial charge in [-0.1, -0.05) is 53.6 Å². The molecule has 1 aliphatic rings. The van der Waals surface area contributed by atoms with Gasteiger partial charge in [-0.3, -0.25) is 24.3 Å². The minimum Gasteiger partial charge on any atom is -0.507 e. The number of amides is 2. The molecule has 2 atom stereocenters. The fourth-order valence-corrected chi connectivity index (χ4v) is 6.39. The molecular weight excluding hydrogens is 630 g/mol. The summed E-state index contributed by atoms with van der Waals surface area (Å²) in [6, 6.07) is 16.5. The van der Waals surface area contributed by atoms with Gasteiger partial charge < -0.3 is 42.1 Å². The Morgan fingerprint density at radius 1 is 0.653 bits per heavy atom.